The van der Waals surface area contributed by atoms with Crippen molar-refractivity contribution >= 4 is 16.8 Å². The molecule has 2 N–H and O–H groups in total. The minimum Gasteiger partial charge on any atom is -0.322 e. The molecule has 0 saturated heterocycles. The lowest BCUT2D eigenvalue weighted by Crippen LogP contribution is -2.10. The lowest BCUT2D eigenvalue weighted by atomic mass is 10.1. The van der Waals surface area contributed by atoms with Gasteiger partial charge in [-0.25, -0.2) is 0 Å². The van der Waals surface area contributed by atoms with Crippen LogP contribution in [0.15, 0.2) is 17.1 Å². The number of nitrogens with zero attached hydrogens (tertiary/aromatic N) is 1. The van der Waals surface area contributed by atoms with Gasteiger partial charge in [0.25, 0.3) is 0 Å². The number of rotatable bonds is 2. The van der Waals surface area contributed by atoms with Crippen molar-refractivity contribution in [2.75, 3.05) is 12.9 Å². The Morgan fingerprint density at radius 1 is 1.64 bits per heavy atom. The lowest BCUT2D eigenvalue weighted by molar-refractivity contribution is 0.772. The summed E-state index contributed by atoms with van der Waals surface area (Å²) in [4.78, 5) is 4.22. The van der Waals surface area contributed by atoms with Crippen LogP contribution >= 0.6 is 11.8 Å². The molecule has 62 valence electrons. The standard InChI is InChI=1S/C8H14N2S/c1-10-8(11-6-9)7-4-2-3-5-7/h2-3,7H,4-6,9H2,1H3/b10-8-. The predicted molar refractivity (Wildman–Crippen MR) is 51.9 cm³/mol. The highest BCUT2D eigenvalue weighted by Crippen LogP contribution is 2.24. The molecule has 0 bridgehead atoms. The van der Waals surface area contributed by atoms with Gasteiger partial charge in [-0.3, -0.25) is 4.99 Å². The van der Waals surface area contributed by atoms with E-state index in [1.807, 2.05) is 7.05 Å². The zero-order valence-electron chi connectivity index (χ0n) is 6.79. The summed E-state index contributed by atoms with van der Waals surface area (Å²) in [6.45, 7) is 0. The van der Waals surface area contributed by atoms with Gasteiger partial charge in [-0.1, -0.05) is 23.9 Å². The Morgan fingerprint density at radius 3 is 2.73 bits per heavy atom. The molecule has 0 aromatic carbocycles. The average molecular weight is 170 g/mol. The van der Waals surface area contributed by atoms with Gasteiger partial charge in [-0.2, -0.15) is 0 Å². The highest BCUT2D eigenvalue weighted by molar-refractivity contribution is 8.13. The van der Waals surface area contributed by atoms with Crippen LogP contribution in [0.3, 0.4) is 0 Å². The van der Waals surface area contributed by atoms with Crippen LogP contribution in [-0.4, -0.2) is 18.0 Å². The molecule has 3 heteroatoms. The van der Waals surface area contributed by atoms with Crippen molar-refractivity contribution in [2.24, 2.45) is 16.6 Å². The minimum absolute atomic E-state index is 0.619. The van der Waals surface area contributed by atoms with Crippen LogP contribution in [0, 0.1) is 5.92 Å². The molecule has 0 saturated carbocycles. The number of thioether (sulfide) groups is 1. The number of allylic oxidation sites excluding steroid dienone is 2. The number of hydrogen-bond acceptors (Lipinski definition) is 3. The van der Waals surface area contributed by atoms with Gasteiger partial charge in [-0.15, -0.1) is 0 Å². The summed E-state index contributed by atoms with van der Waals surface area (Å²) in [6, 6.07) is 0. The van der Waals surface area contributed by atoms with Crippen molar-refractivity contribution < 1.29 is 0 Å². The maximum Gasteiger partial charge on any atom is 0.0722 e. The number of hydrogen-bond donors (Lipinski definition) is 1. The van der Waals surface area contributed by atoms with Crippen LogP contribution in [0.4, 0.5) is 0 Å². The zero-order chi connectivity index (χ0) is 8.10. The number of aliphatic imine (C=N–C) groups is 1. The molecule has 1 aliphatic rings. The molecule has 0 atom stereocenters. The van der Waals surface area contributed by atoms with Crippen LogP contribution in [0.25, 0.3) is 0 Å². The first-order chi connectivity index (χ1) is 5.38. The molecule has 2 nitrogen and oxygen atoms in total. The Bertz CT molecular complexity index is 167. The summed E-state index contributed by atoms with van der Waals surface area (Å²) < 4.78 is 0. The summed E-state index contributed by atoms with van der Waals surface area (Å²) in [5.74, 6) is 1.26. The summed E-state index contributed by atoms with van der Waals surface area (Å²) in [7, 11) is 1.84. The summed E-state index contributed by atoms with van der Waals surface area (Å²) in [5.41, 5.74) is 5.43. The molecule has 0 heterocycles. The van der Waals surface area contributed by atoms with Crippen molar-refractivity contribution in [2.45, 2.75) is 12.8 Å². The average Bonchev–Trinajstić information content (AvgIpc) is 2.52. The zero-order valence-corrected chi connectivity index (χ0v) is 7.60. The van der Waals surface area contributed by atoms with E-state index in [9.17, 15) is 0 Å². The van der Waals surface area contributed by atoms with E-state index < -0.39 is 0 Å². The Balaban J connectivity index is 2.43. The second kappa shape index (κ2) is 4.57. The van der Waals surface area contributed by atoms with E-state index in [4.69, 9.17) is 5.73 Å². The van der Waals surface area contributed by atoms with Gasteiger partial charge in [0.15, 0.2) is 0 Å². The van der Waals surface area contributed by atoms with Crippen molar-refractivity contribution in [3.63, 3.8) is 0 Å². The van der Waals surface area contributed by atoms with Gasteiger partial charge in [0, 0.05) is 18.8 Å². The first kappa shape index (κ1) is 8.81. The molecule has 0 fully saturated rings. The molecule has 0 unspecified atom stereocenters. The van der Waals surface area contributed by atoms with E-state index in [0.717, 1.165) is 12.8 Å². The first-order valence-electron chi connectivity index (χ1n) is 3.83. The van der Waals surface area contributed by atoms with Crippen LogP contribution in [0.5, 0.6) is 0 Å². The van der Waals surface area contributed by atoms with Gasteiger partial charge in [-0.05, 0) is 12.8 Å². The monoisotopic (exact) mass is 170 g/mol. The number of nitrogens with two attached hydrogens (primary N) is 1. The topological polar surface area (TPSA) is 38.4 Å². The Labute approximate surface area is 72.0 Å². The molecule has 0 spiro atoms. The van der Waals surface area contributed by atoms with E-state index in [1.54, 1.807) is 11.8 Å². The second-order valence-electron chi connectivity index (χ2n) is 2.51. The molecule has 0 radical (unpaired) electrons. The smallest absolute Gasteiger partial charge is 0.0722 e. The molecule has 0 amide bonds. The van der Waals surface area contributed by atoms with E-state index in [2.05, 4.69) is 17.1 Å². The third-order valence-corrected chi connectivity index (χ3v) is 2.79. The fourth-order valence-electron chi connectivity index (χ4n) is 1.27. The molecular weight excluding hydrogens is 156 g/mol. The van der Waals surface area contributed by atoms with Crippen LogP contribution in [0.1, 0.15) is 12.8 Å². The van der Waals surface area contributed by atoms with Gasteiger partial charge >= 0.3 is 0 Å². The predicted octanol–water partition coefficient (Wildman–Crippen LogP) is 1.63. The molecule has 0 aromatic rings. The summed E-state index contributed by atoms with van der Waals surface area (Å²) >= 11 is 1.66. The Morgan fingerprint density at radius 2 is 2.27 bits per heavy atom. The molecule has 0 aliphatic heterocycles. The van der Waals surface area contributed by atoms with E-state index in [0.29, 0.717) is 11.8 Å². The van der Waals surface area contributed by atoms with Crippen LogP contribution in [0.2, 0.25) is 0 Å². The first-order valence-corrected chi connectivity index (χ1v) is 4.81. The van der Waals surface area contributed by atoms with Crippen molar-refractivity contribution in [1.29, 1.82) is 0 Å². The Hall–Kier alpha value is -0.280. The molecule has 0 aromatic heterocycles. The highest BCUT2D eigenvalue weighted by Gasteiger charge is 2.15. The highest BCUT2D eigenvalue weighted by atomic mass is 32.2. The molecule has 1 aliphatic carbocycles. The molecule has 1 rings (SSSR count). The largest absolute Gasteiger partial charge is 0.322 e. The Kier molecular flexibility index (Phi) is 3.66. The van der Waals surface area contributed by atoms with Gasteiger partial charge in [0.1, 0.15) is 0 Å². The lowest BCUT2D eigenvalue weighted by Gasteiger charge is -2.10. The molecule has 11 heavy (non-hydrogen) atoms. The second-order valence-corrected chi connectivity index (χ2v) is 3.55. The third kappa shape index (κ3) is 2.34. The van der Waals surface area contributed by atoms with E-state index >= 15 is 0 Å². The van der Waals surface area contributed by atoms with Crippen molar-refractivity contribution in [3.05, 3.63) is 12.2 Å². The van der Waals surface area contributed by atoms with E-state index in [1.165, 1.54) is 5.04 Å². The normalized spacial score (nSPS) is 19.6. The maximum atomic E-state index is 5.43. The molecular formula is C8H14N2S. The van der Waals surface area contributed by atoms with Gasteiger partial charge < -0.3 is 5.73 Å². The third-order valence-electron chi connectivity index (χ3n) is 1.81. The van der Waals surface area contributed by atoms with Crippen molar-refractivity contribution in [1.82, 2.24) is 0 Å². The minimum atomic E-state index is 0.619. The summed E-state index contributed by atoms with van der Waals surface area (Å²) in [5, 5.41) is 1.21. The SMILES string of the molecule is C/N=C(\SCN)C1CC=CC1. The fourth-order valence-corrected chi connectivity index (χ4v) is 2.00. The fraction of sp³-hybridized carbons (Fsp3) is 0.625. The van der Waals surface area contributed by atoms with E-state index in [-0.39, 0.29) is 0 Å². The van der Waals surface area contributed by atoms with Crippen LogP contribution < -0.4 is 5.73 Å². The van der Waals surface area contributed by atoms with Crippen molar-refractivity contribution in [3.8, 4) is 0 Å². The summed E-state index contributed by atoms with van der Waals surface area (Å²) in [6.07, 6.45) is 6.71. The van der Waals surface area contributed by atoms with Crippen LogP contribution in [-0.2, 0) is 0 Å². The maximum absolute atomic E-state index is 5.43. The quantitative estimate of drug-likeness (QED) is 0.296. The van der Waals surface area contributed by atoms with Gasteiger partial charge in [0.05, 0.1) is 5.04 Å². The van der Waals surface area contributed by atoms with Gasteiger partial charge in [0.2, 0.25) is 0 Å².